The lowest BCUT2D eigenvalue weighted by molar-refractivity contribution is 0.0642. The van der Waals surface area contributed by atoms with Crippen LogP contribution in [0.5, 0.6) is 0 Å². The molecule has 7 heteroatoms. The Morgan fingerprint density at radius 3 is 2.39 bits per heavy atom. The predicted molar refractivity (Wildman–Crippen MR) is 99.5 cm³/mol. The van der Waals surface area contributed by atoms with E-state index in [1.165, 1.54) is 4.90 Å². The van der Waals surface area contributed by atoms with Crippen molar-refractivity contribution in [1.29, 1.82) is 0 Å². The number of rotatable bonds is 5. The molecular weight excluding hydrogens is 358 g/mol. The monoisotopic (exact) mass is 375 g/mol. The summed E-state index contributed by atoms with van der Waals surface area (Å²) in [6.45, 7) is 2.13. The third-order valence-electron chi connectivity index (χ3n) is 4.51. The Morgan fingerprint density at radius 2 is 1.75 bits per heavy atom. The number of carbonyl (C=O) groups excluding carboxylic acids is 3. The molecule has 0 aliphatic carbocycles. The lowest BCUT2D eigenvalue weighted by Crippen LogP contribution is -2.29. The normalized spacial score (nSPS) is 13.0. The fraction of sp³-hybridized carbons (Fsp3) is 0.143. The zero-order valence-electron chi connectivity index (χ0n) is 15.1. The van der Waals surface area contributed by atoms with Gasteiger partial charge in [-0.25, -0.2) is 0 Å². The van der Waals surface area contributed by atoms with Gasteiger partial charge in [-0.05, 0) is 36.8 Å². The molecule has 140 valence electrons. The number of nitrogens with one attached hydrogen (secondary N) is 1. The molecule has 1 aliphatic rings. The molecule has 3 amide bonds. The molecule has 28 heavy (non-hydrogen) atoms. The fourth-order valence-electron chi connectivity index (χ4n) is 3.15. The summed E-state index contributed by atoms with van der Waals surface area (Å²) < 4.78 is 4.97. The first-order valence-electron chi connectivity index (χ1n) is 8.77. The lowest BCUT2D eigenvalue weighted by Gasteiger charge is -2.14. The number of aryl methyl sites for hydroxylation is 1. The SMILES string of the molecule is Cc1cc(CNC(=O)c2cccc(CN3C(=O)c4ccccc4C3=O)c2)no1. The summed E-state index contributed by atoms with van der Waals surface area (Å²) in [5.74, 6) is -0.245. The van der Waals surface area contributed by atoms with Crippen molar-refractivity contribution in [1.82, 2.24) is 15.4 Å². The number of fused-ring (bicyclic) bond motifs is 1. The number of amides is 3. The van der Waals surface area contributed by atoms with E-state index in [0.717, 1.165) is 0 Å². The van der Waals surface area contributed by atoms with E-state index in [-0.39, 0.29) is 30.8 Å². The van der Waals surface area contributed by atoms with Crippen molar-refractivity contribution in [2.75, 3.05) is 0 Å². The van der Waals surface area contributed by atoms with Crippen molar-refractivity contribution in [3.05, 3.63) is 88.3 Å². The van der Waals surface area contributed by atoms with E-state index in [9.17, 15) is 14.4 Å². The van der Waals surface area contributed by atoms with Gasteiger partial charge in [0.05, 0.1) is 24.2 Å². The maximum atomic E-state index is 12.5. The lowest BCUT2D eigenvalue weighted by atomic mass is 10.1. The largest absolute Gasteiger partial charge is 0.361 e. The van der Waals surface area contributed by atoms with Crippen LogP contribution in [-0.2, 0) is 13.1 Å². The van der Waals surface area contributed by atoms with Crippen LogP contribution < -0.4 is 5.32 Å². The van der Waals surface area contributed by atoms with Crippen molar-refractivity contribution < 1.29 is 18.9 Å². The van der Waals surface area contributed by atoms with Crippen LogP contribution in [0.1, 0.15) is 48.1 Å². The van der Waals surface area contributed by atoms with E-state index in [2.05, 4.69) is 10.5 Å². The second kappa shape index (κ2) is 7.11. The molecule has 0 saturated carbocycles. The van der Waals surface area contributed by atoms with Gasteiger partial charge in [0.1, 0.15) is 11.5 Å². The number of hydrogen-bond donors (Lipinski definition) is 1. The van der Waals surface area contributed by atoms with Crippen molar-refractivity contribution >= 4 is 17.7 Å². The number of carbonyl (C=O) groups is 3. The third kappa shape index (κ3) is 3.29. The van der Waals surface area contributed by atoms with Crippen LogP contribution in [-0.4, -0.2) is 27.8 Å². The summed E-state index contributed by atoms with van der Waals surface area (Å²) >= 11 is 0. The summed E-state index contributed by atoms with van der Waals surface area (Å²) in [5.41, 5.74) is 2.58. The Hall–Kier alpha value is -3.74. The zero-order valence-corrected chi connectivity index (χ0v) is 15.1. The molecular formula is C21H17N3O4. The smallest absolute Gasteiger partial charge is 0.261 e. The first kappa shape index (κ1) is 17.7. The van der Waals surface area contributed by atoms with E-state index in [4.69, 9.17) is 4.52 Å². The summed E-state index contributed by atoms with van der Waals surface area (Å²) in [7, 11) is 0. The van der Waals surface area contributed by atoms with E-state index < -0.39 is 0 Å². The average Bonchev–Trinajstić information content (AvgIpc) is 3.23. The van der Waals surface area contributed by atoms with Gasteiger partial charge in [0.15, 0.2) is 0 Å². The van der Waals surface area contributed by atoms with Gasteiger partial charge in [0.25, 0.3) is 17.7 Å². The van der Waals surface area contributed by atoms with Crippen LogP contribution in [0.15, 0.2) is 59.1 Å². The Labute approximate surface area is 160 Å². The number of hydrogen-bond acceptors (Lipinski definition) is 5. The molecule has 2 heterocycles. The van der Waals surface area contributed by atoms with Gasteiger partial charge in [0.2, 0.25) is 0 Å². The highest BCUT2D eigenvalue weighted by Gasteiger charge is 2.34. The Morgan fingerprint density at radius 1 is 1.04 bits per heavy atom. The standard InChI is InChI=1S/C21H17N3O4/c1-13-9-16(23-28-13)11-22-19(25)15-6-4-5-14(10-15)12-24-20(26)17-7-2-3-8-18(17)21(24)27/h2-10H,11-12H2,1H3,(H,22,25). The Bertz CT molecular complexity index is 1050. The molecule has 4 rings (SSSR count). The number of imide groups is 1. The van der Waals surface area contributed by atoms with Crippen molar-refractivity contribution in [2.24, 2.45) is 0 Å². The minimum Gasteiger partial charge on any atom is -0.361 e. The Kier molecular flexibility index (Phi) is 4.49. The molecule has 0 spiro atoms. The zero-order chi connectivity index (χ0) is 19.7. The van der Waals surface area contributed by atoms with Crippen LogP contribution in [0.4, 0.5) is 0 Å². The summed E-state index contributed by atoms with van der Waals surface area (Å²) in [5, 5.41) is 6.60. The van der Waals surface area contributed by atoms with E-state index >= 15 is 0 Å². The van der Waals surface area contributed by atoms with Gasteiger partial charge in [0, 0.05) is 11.6 Å². The number of nitrogens with zero attached hydrogens (tertiary/aromatic N) is 2. The summed E-state index contributed by atoms with van der Waals surface area (Å²) in [4.78, 5) is 38.6. The Balaban J connectivity index is 1.46. The molecule has 1 aliphatic heterocycles. The minimum absolute atomic E-state index is 0.107. The van der Waals surface area contributed by atoms with Gasteiger partial charge in [-0.3, -0.25) is 19.3 Å². The van der Waals surface area contributed by atoms with E-state index in [0.29, 0.717) is 33.7 Å². The van der Waals surface area contributed by atoms with Crippen molar-refractivity contribution in [2.45, 2.75) is 20.0 Å². The van der Waals surface area contributed by atoms with Crippen LogP contribution in [0.3, 0.4) is 0 Å². The molecule has 0 atom stereocenters. The summed E-state index contributed by atoms with van der Waals surface area (Å²) in [6.07, 6.45) is 0. The molecule has 7 nitrogen and oxygen atoms in total. The first-order valence-corrected chi connectivity index (χ1v) is 8.77. The predicted octanol–water partition coefficient (Wildman–Crippen LogP) is 2.71. The summed E-state index contributed by atoms with van der Waals surface area (Å²) in [6, 6.07) is 15.4. The fourth-order valence-corrected chi connectivity index (χ4v) is 3.15. The minimum atomic E-state index is -0.322. The van der Waals surface area contributed by atoms with Crippen LogP contribution in [0.2, 0.25) is 0 Å². The van der Waals surface area contributed by atoms with Crippen molar-refractivity contribution in [3.8, 4) is 0 Å². The maximum absolute atomic E-state index is 12.5. The van der Waals surface area contributed by atoms with Crippen LogP contribution in [0.25, 0.3) is 0 Å². The van der Waals surface area contributed by atoms with Gasteiger partial charge in [-0.2, -0.15) is 0 Å². The van der Waals surface area contributed by atoms with Gasteiger partial charge in [-0.1, -0.05) is 29.4 Å². The highest BCUT2D eigenvalue weighted by atomic mass is 16.5. The van der Waals surface area contributed by atoms with E-state index in [1.807, 2.05) is 0 Å². The second-order valence-electron chi connectivity index (χ2n) is 6.55. The second-order valence-corrected chi connectivity index (χ2v) is 6.55. The molecule has 0 unspecified atom stereocenters. The van der Waals surface area contributed by atoms with Gasteiger partial charge < -0.3 is 9.84 Å². The molecule has 0 radical (unpaired) electrons. The molecule has 1 aromatic heterocycles. The van der Waals surface area contributed by atoms with Crippen LogP contribution in [0, 0.1) is 6.92 Å². The molecule has 0 bridgehead atoms. The molecule has 3 aromatic rings. The third-order valence-corrected chi connectivity index (χ3v) is 4.51. The molecule has 1 N–H and O–H groups in total. The van der Waals surface area contributed by atoms with Crippen molar-refractivity contribution in [3.63, 3.8) is 0 Å². The number of aromatic nitrogens is 1. The van der Waals surface area contributed by atoms with E-state index in [1.54, 1.807) is 61.5 Å². The van der Waals surface area contributed by atoms with Gasteiger partial charge >= 0.3 is 0 Å². The highest BCUT2D eigenvalue weighted by molar-refractivity contribution is 6.21. The topological polar surface area (TPSA) is 92.5 Å². The number of benzene rings is 2. The molecule has 0 saturated heterocycles. The quantitative estimate of drug-likeness (QED) is 0.692. The average molecular weight is 375 g/mol. The van der Waals surface area contributed by atoms with Gasteiger partial charge in [-0.15, -0.1) is 0 Å². The highest BCUT2D eigenvalue weighted by Crippen LogP contribution is 2.24. The molecule has 0 fully saturated rings. The first-order chi connectivity index (χ1) is 13.5. The maximum Gasteiger partial charge on any atom is 0.261 e. The molecule has 2 aromatic carbocycles. The van der Waals surface area contributed by atoms with Crippen LogP contribution >= 0.6 is 0 Å².